The largest absolute Gasteiger partial charge is 0.457 e. The lowest BCUT2D eigenvalue weighted by Gasteiger charge is -2.20. The molecule has 0 saturated carbocycles. The van der Waals surface area contributed by atoms with Crippen molar-refractivity contribution in [3.8, 4) is 0 Å². The van der Waals surface area contributed by atoms with Crippen LogP contribution in [0.5, 0.6) is 0 Å². The van der Waals surface area contributed by atoms with Gasteiger partial charge in [-0.2, -0.15) is 0 Å². The number of pyridine rings is 1. The number of H-pyrrole nitrogens is 1. The highest BCUT2D eigenvalue weighted by molar-refractivity contribution is 9.10. The first kappa shape index (κ1) is 16.0. The molecule has 1 aliphatic rings. The summed E-state index contributed by atoms with van der Waals surface area (Å²) in [5, 5.41) is 10.0. The average Bonchev–Trinajstić information content (AvgIpc) is 2.54. The molecule has 1 aromatic heterocycles. The van der Waals surface area contributed by atoms with Crippen molar-refractivity contribution in [2.75, 3.05) is 0 Å². The van der Waals surface area contributed by atoms with E-state index in [9.17, 15) is 14.7 Å². The molecule has 6 heteroatoms. The summed E-state index contributed by atoms with van der Waals surface area (Å²) in [6.07, 6.45) is 2.62. The zero-order valence-corrected chi connectivity index (χ0v) is 13.9. The van der Waals surface area contributed by atoms with E-state index in [0.29, 0.717) is 24.1 Å². The second-order valence-corrected chi connectivity index (χ2v) is 6.45. The fourth-order valence-electron chi connectivity index (χ4n) is 2.72. The number of aliphatic hydroxyl groups excluding tert-OH is 1. The van der Waals surface area contributed by atoms with Crippen LogP contribution in [0, 0.1) is 0 Å². The molecular weight excluding hydrogens is 362 g/mol. The molecule has 2 N–H and O–H groups in total. The van der Waals surface area contributed by atoms with Gasteiger partial charge in [-0.3, -0.25) is 4.79 Å². The predicted molar refractivity (Wildman–Crippen MR) is 88.2 cm³/mol. The first-order chi connectivity index (χ1) is 11.1. The first-order valence-corrected chi connectivity index (χ1v) is 8.19. The van der Waals surface area contributed by atoms with Crippen molar-refractivity contribution in [3.63, 3.8) is 0 Å². The van der Waals surface area contributed by atoms with Gasteiger partial charge in [-0.05, 0) is 37.0 Å². The maximum Gasteiger partial charge on any atom is 0.343 e. The summed E-state index contributed by atoms with van der Waals surface area (Å²) in [5.74, 6) is -0.685. The standard InChI is InChI=1S/C17H16BrNO4/c18-11-6-4-10(5-7-11)9-23-17(22)12-8-19-13-2-1-3-14(20)15(13)16(12)21/h4-8,14,20H,1-3,9H2,(H,19,21). The molecule has 2 aromatic rings. The Labute approximate surface area is 141 Å². The molecule has 0 spiro atoms. The van der Waals surface area contributed by atoms with Gasteiger partial charge < -0.3 is 14.8 Å². The minimum Gasteiger partial charge on any atom is -0.457 e. The number of carbonyl (C=O) groups excluding carboxylic acids is 1. The minimum atomic E-state index is -0.818. The molecule has 1 atom stereocenters. The summed E-state index contributed by atoms with van der Waals surface area (Å²) < 4.78 is 6.14. The normalized spacial score (nSPS) is 16.7. The molecule has 3 rings (SSSR count). The van der Waals surface area contributed by atoms with E-state index in [0.717, 1.165) is 16.5 Å². The number of esters is 1. The molecule has 0 amide bonds. The Morgan fingerprint density at radius 1 is 1.35 bits per heavy atom. The number of aromatic amines is 1. The molecule has 1 aliphatic carbocycles. The number of halogens is 1. The van der Waals surface area contributed by atoms with Gasteiger partial charge in [0.2, 0.25) is 5.43 Å². The monoisotopic (exact) mass is 377 g/mol. The van der Waals surface area contributed by atoms with Crippen molar-refractivity contribution in [1.82, 2.24) is 4.98 Å². The van der Waals surface area contributed by atoms with Crippen LogP contribution in [-0.2, 0) is 17.8 Å². The summed E-state index contributed by atoms with van der Waals surface area (Å²) >= 11 is 3.34. The van der Waals surface area contributed by atoms with Gasteiger partial charge in [-0.15, -0.1) is 0 Å². The van der Waals surface area contributed by atoms with E-state index >= 15 is 0 Å². The molecule has 5 nitrogen and oxygen atoms in total. The lowest BCUT2D eigenvalue weighted by Crippen LogP contribution is -2.27. The SMILES string of the molecule is O=C(OCc1ccc(Br)cc1)c1c[nH]c2c(c1=O)C(O)CCC2. The van der Waals surface area contributed by atoms with Crippen LogP contribution in [0.2, 0.25) is 0 Å². The number of aromatic nitrogens is 1. The Morgan fingerprint density at radius 3 is 2.83 bits per heavy atom. The number of nitrogens with one attached hydrogen (secondary N) is 1. The molecule has 0 saturated heterocycles. The van der Waals surface area contributed by atoms with Crippen LogP contribution < -0.4 is 5.43 Å². The number of carbonyl (C=O) groups is 1. The molecular formula is C17H16BrNO4. The average molecular weight is 378 g/mol. The number of benzene rings is 1. The molecule has 120 valence electrons. The molecule has 0 bridgehead atoms. The maximum absolute atomic E-state index is 12.4. The molecule has 0 aliphatic heterocycles. The van der Waals surface area contributed by atoms with Crippen molar-refractivity contribution < 1.29 is 14.6 Å². The fourth-order valence-corrected chi connectivity index (χ4v) is 2.98. The van der Waals surface area contributed by atoms with Gasteiger partial charge in [0.1, 0.15) is 12.2 Å². The van der Waals surface area contributed by atoms with Crippen molar-refractivity contribution in [2.45, 2.75) is 32.0 Å². The molecule has 1 heterocycles. The molecule has 1 unspecified atom stereocenters. The Bertz CT molecular complexity index is 782. The third-order valence-corrected chi connectivity index (χ3v) is 4.47. The number of hydrogen-bond donors (Lipinski definition) is 2. The number of ether oxygens (including phenoxy) is 1. The highest BCUT2D eigenvalue weighted by Gasteiger charge is 2.25. The van der Waals surface area contributed by atoms with Gasteiger partial charge in [0, 0.05) is 21.9 Å². The van der Waals surface area contributed by atoms with Crippen LogP contribution in [0.3, 0.4) is 0 Å². The van der Waals surface area contributed by atoms with Crippen LogP contribution in [0.25, 0.3) is 0 Å². The predicted octanol–water partition coefficient (Wildman–Crippen LogP) is 2.86. The van der Waals surface area contributed by atoms with Gasteiger partial charge in [-0.25, -0.2) is 4.79 Å². The van der Waals surface area contributed by atoms with E-state index in [4.69, 9.17) is 4.74 Å². The van der Waals surface area contributed by atoms with Crippen molar-refractivity contribution in [1.29, 1.82) is 0 Å². The smallest absolute Gasteiger partial charge is 0.343 e. The second kappa shape index (κ2) is 6.68. The highest BCUT2D eigenvalue weighted by atomic mass is 79.9. The van der Waals surface area contributed by atoms with E-state index in [1.807, 2.05) is 24.3 Å². The van der Waals surface area contributed by atoms with E-state index in [2.05, 4.69) is 20.9 Å². The van der Waals surface area contributed by atoms with Crippen molar-refractivity contribution in [2.24, 2.45) is 0 Å². The fraction of sp³-hybridized carbons (Fsp3) is 0.294. The summed E-state index contributed by atoms with van der Waals surface area (Å²) in [6.45, 7) is 0.0885. The molecule has 23 heavy (non-hydrogen) atoms. The lowest BCUT2D eigenvalue weighted by atomic mass is 9.92. The topological polar surface area (TPSA) is 79.4 Å². The minimum absolute atomic E-state index is 0.0678. The summed E-state index contributed by atoms with van der Waals surface area (Å²) in [7, 11) is 0. The second-order valence-electron chi connectivity index (χ2n) is 5.53. The van der Waals surface area contributed by atoms with Crippen molar-refractivity contribution in [3.05, 3.63) is 67.5 Å². The first-order valence-electron chi connectivity index (χ1n) is 7.40. The Kier molecular flexibility index (Phi) is 4.63. The number of aryl methyl sites for hydroxylation is 1. The van der Waals surface area contributed by atoms with Crippen LogP contribution in [0.1, 0.15) is 46.1 Å². The van der Waals surface area contributed by atoms with Crippen molar-refractivity contribution >= 4 is 21.9 Å². The molecule has 0 radical (unpaired) electrons. The number of hydrogen-bond acceptors (Lipinski definition) is 4. The maximum atomic E-state index is 12.4. The van der Waals surface area contributed by atoms with Crippen LogP contribution >= 0.6 is 15.9 Å². The Balaban J connectivity index is 1.79. The molecule has 1 aromatic carbocycles. The van der Waals surface area contributed by atoms with Crippen LogP contribution in [0.4, 0.5) is 0 Å². The number of aliphatic hydroxyl groups is 1. The quantitative estimate of drug-likeness (QED) is 0.806. The van der Waals surface area contributed by atoms with Crippen LogP contribution in [-0.4, -0.2) is 16.1 Å². The van der Waals surface area contributed by atoms with E-state index < -0.39 is 17.5 Å². The third-order valence-electron chi connectivity index (χ3n) is 3.95. The van der Waals surface area contributed by atoms with E-state index in [1.165, 1.54) is 6.20 Å². The third kappa shape index (κ3) is 3.38. The highest BCUT2D eigenvalue weighted by Crippen LogP contribution is 2.25. The zero-order chi connectivity index (χ0) is 16.4. The summed E-state index contributed by atoms with van der Waals surface area (Å²) in [5.41, 5.74) is 1.33. The van der Waals surface area contributed by atoms with Gasteiger partial charge in [0.05, 0.1) is 6.10 Å². The van der Waals surface area contributed by atoms with Gasteiger partial charge in [0.25, 0.3) is 0 Å². The van der Waals surface area contributed by atoms with E-state index in [-0.39, 0.29) is 12.2 Å². The number of rotatable bonds is 3. The van der Waals surface area contributed by atoms with E-state index in [1.54, 1.807) is 0 Å². The summed E-state index contributed by atoms with van der Waals surface area (Å²) in [6, 6.07) is 7.37. The Hall–Kier alpha value is -1.92. The zero-order valence-electron chi connectivity index (χ0n) is 12.3. The number of fused-ring (bicyclic) bond motifs is 1. The lowest BCUT2D eigenvalue weighted by molar-refractivity contribution is 0.0470. The molecule has 0 fully saturated rings. The Morgan fingerprint density at radius 2 is 2.09 bits per heavy atom. The van der Waals surface area contributed by atoms with Gasteiger partial charge >= 0.3 is 5.97 Å². The van der Waals surface area contributed by atoms with Gasteiger partial charge in [0.15, 0.2) is 0 Å². The van der Waals surface area contributed by atoms with Gasteiger partial charge in [-0.1, -0.05) is 28.1 Å². The summed E-state index contributed by atoms with van der Waals surface area (Å²) in [4.78, 5) is 27.5. The van der Waals surface area contributed by atoms with Crippen LogP contribution in [0.15, 0.2) is 39.7 Å².